The number of likely N-dealkylation sites (N-methyl/N-ethyl adjacent to an activating group) is 1. The van der Waals surface area contributed by atoms with Crippen LogP contribution in [-0.4, -0.2) is 30.9 Å². The van der Waals surface area contributed by atoms with Crippen molar-refractivity contribution in [3.8, 4) is 0 Å². The average molecular weight is 427 g/mol. The molecule has 2 aromatic carbocycles. The summed E-state index contributed by atoms with van der Waals surface area (Å²) in [5.74, 6) is -0.983. The van der Waals surface area contributed by atoms with E-state index >= 15 is 0 Å². The van der Waals surface area contributed by atoms with E-state index in [1.807, 2.05) is 44.2 Å². The molecule has 0 saturated heterocycles. The van der Waals surface area contributed by atoms with Gasteiger partial charge in [-0.25, -0.2) is 4.99 Å². The van der Waals surface area contributed by atoms with E-state index in [9.17, 15) is 9.59 Å². The third-order valence-electron chi connectivity index (χ3n) is 5.25. The van der Waals surface area contributed by atoms with Gasteiger partial charge >= 0.3 is 5.97 Å². The number of benzene rings is 2. The van der Waals surface area contributed by atoms with Crippen LogP contribution >= 0.6 is 11.6 Å². The van der Waals surface area contributed by atoms with E-state index in [0.29, 0.717) is 16.4 Å². The molecule has 1 aliphatic rings. The number of hydrogen-bond acceptors (Lipinski definition) is 4. The molecule has 0 aromatic heterocycles. The zero-order chi connectivity index (χ0) is 21.7. The number of fused-ring (bicyclic) bond motifs is 1. The number of amides is 1. The Kier molecular flexibility index (Phi) is 7.27. The number of carbonyl (C=O) groups excluding carboxylic acids is 2. The first-order valence-corrected chi connectivity index (χ1v) is 10.7. The van der Waals surface area contributed by atoms with Gasteiger partial charge in [0.2, 0.25) is 0 Å². The third-order valence-corrected chi connectivity index (χ3v) is 5.48. The second-order valence-electron chi connectivity index (χ2n) is 7.47. The standard InChI is InChI=1S/C24H27ClN2O3/c1-4-9-17(10-5-2)24(29)30-22-23(28)27(3)20-14-13-18(25)15-19(20)21(26-22)16-11-7-6-8-12-16/h6-8,11-15,17,22H,4-5,9-10H2,1-3H3. The summed E-state index contributed by atoms with van der Waals surface area (Å²) < 4.78 is 5.68. The summed E-state index contributed by atoms with van der Waals surface area (Å²) >= 11 is 6.25. The lowest BCUT2D eigenvalue weighted by Crippen LogP contribution is -2.38. The van der Waals surface area contributed by atoms with Gasteiger partial charge < -0.3 is 9.64 Å². The van der Waals surface area contributed by atoms with Gasteiger partial charge in [0.05, 0.1) is 17.3 Å². The average Bonchev–Trinajstić information content (AvgIpc) is 2.84. The predicted molar refractivity (Wildman–Crippen MR) is 120 cm³/mol. The Balaban J connectivity index is 2.05. The lowest BCUT2D eigenvalue weighted by Gasteiger charge is -2.22. The zero-order valence-electron chi connectivity index (χ0n) is 17.6. The van der Waals surface area contributed by atoms with Crippen LogP contribution in [-0.2, 0) is 14.3 Å². The molecule has 3 rings (SSSR count). The summed E-state index contributed by atoms with van der Waals surface area (Å²) in [7, 11) is 1.66. The van der Waals surface area contributed by atoms with Crippen molar-refractivity contribution in [1.82, 2.24) is 0 Å². The zero-order valence-corrected chi connectivity index (χ0v) is 18.4. The quantitative estimate of drug-likeness (QED) is 0.569. The molecule has 1 unspecified atom stereocenters. The fraction of sp³-hybridized carbons (Fsp3) is 0.375. The van der Waals surface area contributed by atoms with Crippen molar-refractivity contribution < 1.29 is 14.3 Å². The fourth-order valence-corrected chi connectivity index (χ4v) is 3.87. The highest BCUT2D eigenvalue weighted by atomic mass is 35.5. The monoisotopic (exact) mass is 426 g/mol. The Hall–Kier alpha value is -2.66. The molecule has 158 valence electrons. The molecule has 1 heterocycles. The van der Waals surface area contributed by atoms with Gasteiger partial charge in [0, 0.05) is 23.2 Å². The summed E-state index contributed by atoms with van der Waals surface area (Å²) in [4.78, 5) is 32.1. The van der Waals surface area contributed by atoms with Gasteiger partial charge in [-0.2, -0.15) is 0 Å². The summed E-state index contributed by atoms with van der Waals surface area (Å²) in [5.41, 5.74) is 2.79. The lowest BCUT2D eigenvalue weighted by atomic mass is 9.99. The second-order valence-corrected chi connectivity index (χ2v) is 7.90. The van der Waals surface area contributed by atoms with Crippen LogP contribution in [0, 0.1) is 5.92 Å². The topological polar surface area (TPSA) is 59.0 Å². The molecule has 0 spiro atoms. The van der Waals surface area contributed by atoms with Gasteiger partial charge in [-0.3, -0.25) is 9.59 Å². The number of benzodiazepines with no additional fused rings is 1. The number of nitrogens with zero attached hydrogens (tertiary/aromatic N) is 2. The number of anilines is 1. The Morgan fingerprint density at radius 2 is 1.80 bits per heavy atom. The molecule has 30 heavy (non-hydrogen) atoms. The van der Waals surface area contributed by atoms with Crippen molar-refractivity contribution in [2.24, 2.45) is 10.9 Å². The first kappa shape index (κ1) is 22.0. The summed E-state index contributed by atoms with van der Waals surface area (Å²) in [6.07, 6.45) is 1.98. The Labute approximate surface area is 182 Å². The van der Waals surface area contributed by atoms with Gasteiger partial charge in [0.15, 0.2) is 0 Å². The number of ether oxygens (including phenoxy) is 1. The fourth-order valence-electron chi connectivity index (χ4n) is 3.70. The van der Waals surface area contributed by atoms with Crippen LogP contribution in [0.2, 0.25) is 5.02 Å². The van der Waals surface area contributed by atoms with E-state index in [0.717, 1.165) is 36.8 Å². The highest BCUT2D eigenvalue weighted by Crippen LogP contribution is 2.31. The Morgan fingerprint density at radius 1 is 1.13 bits per heavy atom. The van der Waals surface area contributed by atoms with Crippen LogP contribution in [0.3, 0.4) is 0 Å². The number of esters is 1. The van der Waals surface area contributed by atoms with Gasteiger partial charge in [-0.05, 0) is 31.0 Å². The van der Waals surface area contributed by atoms with E-state index in [4.69, 9.17) is 16.3 Å². The number of hydrogen-bond donors (Lipinski definition) is 0. The van der Waals surface area contributed by atoms with Crippen molar-refractivity contribution in [2.75, 3.05) is 11.9 Å². The van der Waals surface area contributed by atoms with Crippen LogP contribution in [0.25, 0.3) is 0 Å². The SMILES string of the molecule is CCCC(CCC)C(=O)OC1N=C(c2ccccc2)c2cc(Cl)ccc2N(C)C1=O. The highest BCUT2D eigenvalue weighted by molar-refractivity contribution is 6.32. The lowest BCUT2D eigenvalue weighted by molar-refractivity contribution is -0.158. The Morgan fingerprint density at radius 3 is 2.43 bits per heavy atom. The van der Waals surface area contributed by atoms with Crippen LogP contribution in [0.1, 0.15) is 50.7 Å². The minimum atomic E-state index is -1.24. The number of rotatable bonds is 7. The van der Waals surface area contributed by atoms with E-state index in [-0.39, 0.29) is 17.8 Å². The first-order chi connectivity index (χ1) is 14.5. The minimum Gasteiger partial charge on any atom is -0.430 e. The van der Waals surface area contributed by atoms with Gasteiger partial charge in [-0.1, -0.05) is 68.6 Å². The van der Waals surface area contributed by atoms with Crippen LogP contribution in [0.5, 0.6) is 0 Å². The van der Waals surface area contributed by atoms with Gasteiger partial charge in [0.1, 0.15) is 0 Å². The molecule has 2 aromatic rings. The molecule has 0 bridgehead atoms. The van der Waals surface area contributed by atoms with Crippen molar-refractivity contribution >= 4 is 34.9 Å². The molecule has 0 fully saturated rings. The molecule has 0 N–H and O–H groups in total. The van der Waals surface area contributed by atoms with Crippen molar-refractivity contribution in [3.05, 3.63) is 64.7 Å². The predicted octanol–water partition coefficient (Wildman–Crippen LogP) is 5.24. The Bertz CT molecular complexity index is 937. The van der Waals surface area contributed by atoms with Gasteiger partial charge in [0.25, 0.3) is 12.1 Å². The smallest absolute Gasteiger partial charge is 0.311 e. The van der Waals surface area contributed by atoms with Crippen molar-refractivity contribution in [3.63, 3.8) is 0 Å². The molecule has 1 aliphatic heterocycles. The molecule has 5 nitrogen and oxygen atoms in total. The summed E-state index contributed by atoms with van der Waals surface area (Å²) in [6, 6.07) is 14.8. The number of halogens is 1. The molecule has 0 aliphatic carbocycles. The summed E-state index contributed by atoms with van der Waals surface area (Å²) in [6.45, 7) is 4.07. The molecule has 1 atom stereocenters. The van der Waals surface area contributed by atoms with Crippen molar-refractivity contribution in [2.45, 2.75) is 45.8 Å². The summed E-state index contributed by atoms with van der Waals surface area (Å²) in [5, 5.41) is 0.541. The van der Waals surface area contributed by atoms with Crippen LogP contribution < -0.4 is 4.90 Å². The molecule has 6 heteroatoms. The normalized spacial score (nSPS) is 16.2. The van der Waals surface area contributed by atoms with E-state index in [1.54, 1.807) is 25.2 Å². The molecule has 0 saturated carbocycles. The molecular weight excluding hydrogens is 400 g/mol. The molecule has 1 amide bonds. The van der Waals surface area contributed by atoms with Crippen molar-refractivity contribution in [1.29, 1.82) is 0 Å². The first-order valence-electron chi connectivity index (χ1n) is 10.4. The maximum Gasteiger partial charge on any atom is 0.311 e. The molecule has 0 radical (unpaired) electrons. The highest BCUT2D eigenvalue weighted by Gasteiger charge is 2.34. The largest absolute Gasteiger partial charge is 0.430 e. The number of carbonyl (C=O) groups is 2. The van der Waals surface area contributed by atoms with E-state index < -0.39 is 6.23 Å². The van der Waals surface area contributed by atoms with Crippen LogP contribution in [0.15, 0.2) is 53.5 Å². The van der Waals surface area contributed by atoms with Gasteiger partial charge in [-0.15, -0.1) is 0 Å². The minimum absolute atomic E-state index is 0.228. The van der Waals surface area contributed by atoms with Crippen LogP contribution in [0.4, 0.5) is 5.69 Å². The number of aliphatic imine (C=N–C) groups is 1. The maximum absolute atomic E-state index is 13.2. The molecular formula is C24H27ClN2O3. The van der Waals surface area contributed by atoms with E-state index in [1.165, 1.54) is 4.90 Å². The van der Waals surface area contributed by atoms with E-state index in [2.05, 4.69) is 4.99 Å². The maximum atomic E-state index is 13.2. The third kappa shape index (κ3) is 4.73. The second kappa shape index (κ2) is 9.90.